The summed E-state index contributed by atoms with van der Waals surface area (Å²) in [6.07, 6.45) is 0. The van der Waals surface area contributed by atoms with Gasteiger partial charge in [-0.2, -0.15) is 0 Å². The molecule has 0 heterocycles. The van der Waals surface area contributed by atoms with E-state index in [1.54, 1.807) is 18.2 Å². The Balaban J connectivity index is 2.19. The van der Waals surface area contributed by atoms with Gasteiger partial charge in [0.25, 0.3) is 0 Å². The molecular weight excluding hydrogens is 281 g/mol. The average molecular weight is 296 g/mol. The van der Waals surface area contributed by atoms with E-state index in [2.05, 4.69) is 18.3 Å². The zero-order valence-electron chi connectivity index (χ0n) is 10.8. The van der Waals surface area contributed by atoms with Gasteiger partial charge < -0.3 is 10.1 Å². The maximum absolute atomic E-state index is 5.96. The van der Waals surface area contributed by atoms with E-state index in [0.717, 1.165) is 12.3 Å². The molecule has 0 radical (unpaired) electrons. The molecule has 0 amide bonds. The van der Waals surface area contributed by atoms with Crippen molar-refractivity contribution in [2.75, 3.05) is 7.05 Å². The number of hydrogen-bond acceptors (Lipinski definition) is 2. The van der Waals surface area contributed by atoms with Crippen LogP contribution in [0.5, 0.6) is 11.5 Å². The summed E-state index contributed by atoms with van der Waals surface area (Å²) in [5.74, 6) is 1.46. The van der Waals surface area contributed by atoms with E-state index in [9.17, 15) is 0 Å². The van der Waals surface area contributed by atoms with Crippen molar-refractivity contribution in [2.45, 2.75) is 13.5 Å². The molecule has 19 heavy (non-hydrogen) atoms. The fraction of sp³-hybridized carbons (Fsp3) is 0.200. The molecule has 0 aliphatic rings. The van der Waals surface area contributed by atoms with Crippen molar-refractivity contribution in [1.82, 2.24) is 5.32 Å². The first-order valence-corrected chi connectivity index (χ1v) is 6.73. The minimum absolute atomic E-state index is 0.489. The van der Waals surface area contributed by atoms with Crippen LogP contribution in [0.25, 0.3) is 0 Å². The van der Waals surface area contributed by atoms with E-state index < -0.39 is 0 Å². The number of ether oxygens (including phenoxy) is 1. The van der Waals surface area contributed by atoms with Gasteiger partial charge in [-0.15, -0.1) is 0 Å². The molecule has 2 rings (SSSR count). The molecule has 0 saturated carbocycles. The number of nitrogens with one attached hydrogen (secondary N) is 1. The highest BCUT2D eigenvalue weighted by molar-refractivity contribution is 6.42. The highest BCUT2D eigenvalue weighted by Crippen LogP contribution is 2.30. The summed E-state index contributed by atoms with van der Waals surface area (Å²) in [7, 11) is 1.93. The van der Waals surface area contributed by atoms with Crippen molar-refractivity contribution < 1.29 is 4.74 Å². The minimum Gasteiger partial charge on any atom is -0.457 e. The second-order valence-electron chi connectivity index (χ2n) is 4.30. The van der Waals surface area contributed by atoms with Crippen LogP contribution in [0.1, 0.15) is 11.1 Å². The van der Waals surface area contributed by atoms with Crippen LogP contribution in [0.3, 0.4) is 0 Å². The number of hydrogen-bond donors (Lipinski definition) is 1. The molecule has 0 atom stereocenters. The lowest BCUT2D eigenvalue weighted by Crippen LogP contribution is -2.06. The van der Waals surface area contributed by atoms with Crippen LogP contribution < -0.4 is 10.1 Å². The summed E-state index contributed by atoms with van der Waals surface area (Å²) in [4.78, 5) is 0. The summed E-state index contributed by atoms with van der Waals surface area (Å²) in [6, 6.07) is 11.2. The third-order valence-electron chi connectivity index (χ3n) is 2.81. The molecular formula is C15H15Cl2NO. The maximum Gasteiger partial charge on any atom is 0.129 e. The van der Waals surface area contributed by atoms with Crippen molar-refractivity contribution in [2.24, 2.45) is 0 Å². The Morgan fingerprint density at radius 2 is 1.68 bits per heavy atom. The van der Waals surface area contributed by atoms with Crippen LogP contribution in [-0.4, -0.2) is 7.05 Å². The Kier molecular flexibility index (Phi) is 4.70. The molecule has 100 valence electrons. The van der Waals surface area contributed by atoms with Gasteiger partial charge in [-0.25, -0.2) is 0 Å². The number of benzene rings is 2. The monoisotopic (exact) mass is 295 g/mol. The predicted molar refractivity (Wildman–Crippen MR) is 80.5 cm³/mol. The number of halogens is 2. The summed E-state index contributed by atoms with van der Waals surface area (Å²) in [5, 5.41) is 4.15. The summed E-state index contributed by atoms with van der Waals surface area (Å²) in [5.41, 5.74) is 2.44. The van der Waals surface area contributed by atoms with E-state index in [1.165, 1.54) is 11.1 Å². The smallest absolute Gasteiger partial charge is 0.129 e. The first-order chi connectivity index (χ1) is 9.10. The Morgan fingerprint density at radius 3 is 2.32 bits per heavy atom. The Labute approximate surface area is 123 Å². The maximum atomic E-state index is 5.96. The van der Waals surface area contributed by atoms with Crippen molar-refractivity contribution in [1.29, 1.82) is 0 Å². The molecule has 2 aromatic carbocycles. The topological polar surface area (TPSA) is 21.3 Å². The van der Waals surface area contributed by atoms with Gasteiger partial charge in [0.2, 0.25) is 0 Å². The normalized spacial score (nSPS) is 10.5. The molecule has 0 unspecified atom stereocenters. The fourth-order valence-corrected chi connectivity index (χ4v) is 2.09. The van der Waals surface area contributed by atoms with Gasteiger partial charge in [0.15, 0.2) is 0 Å². The van der Waals surface area contributed by atoms with Crippen LogP contribution in [0, 0.1) is 6.92 Å². The molecule has 0 aromatic heterocycles. The van der Waals surface area contributed by atoms with Gasteiger partial charge in [0.1, 0.15) is 11.5 Å². The van der Waals surface area contributed by atoms with E-state index in [-0.39, 0.29) is 0 Å². The molecule has 0 fully saturated rings. The second kappa shape index (κ2) is 6.29. The summed E-state index contributed by atoms with van der Waals surface area (Å²) >= 11 is 11.8. The standard InChI is InChI=1S/C15H15Cl2NO/c1-10-7-12(4-3-11(10)9-18-2)19-13-5-6-14(16)15(17)8-13/h3-8,18H,9H2,1-2H3. The van der Waals surface area contributed by atoms with E-state index in [1.807, 2.05) is 19.2 Å². The van der Waals surface area contributed by atoms with Crippen molar-refractivity contribution in [3.05, 3.63) is 57.6 Å². The SMILES string of the molecule is CNCc1ccc(Oc2ccc(Cl)c(Cl)c2)cc1C. The van der Waals surface area contributed by atoms with E-state index in [0.29, 0.717) is 15.8 Å². The first-order valence-electron chi connectivity index (χ1n) is 5.97. The summed E-state index contributed by atoms with van der Waals surface area (Å²) in [6.45, 7) is 2.91. The fourth-order valence-electron chi connectivity index (χ4n) is 1.80. The largest absolute Gasteiger partial charge is 0.457 e. The van der Waals surface area contributed by atoms with Crippen LogP contribution in [0.15, 0.2) is 36.4 Å². The van der Waals surface area contributed by atoms with Gasteiger partial charge in [-0.3, -0.25) is 0 Å². The van der Waals surface area contributed by atoms with Gasteiger partial charge in [-0.05, 0) is 49.4 Å². The van der Waals surface area contributed by atoms with Gasteiger partial charge in [0, 0.05) is 12.6 Å². The Bertz CT molecular complexity index is 584. The lowest BCUT2D eigenvalue weighted by atomic mass is 10.1. The quantitative estimate of drug-likeness (QED) is 0.874. The second-order valence-corrected chi connectivity index (χ2v) is 5.11. The van der Waals surface area contributed by atoms with Gasteiger partial charge in [0.05, 0.1) is 10.0 Å². The highest BCUT2D eigenvalue weighted by Gasteiger charge is 2.04. The van der Waals surface area contributed by atoms with Crippen molar-refractivity contribution in [3.63, 3.8) is 0 Å². The van der Waals surface area contributed by atoms with E-state index >= 15 is 0 Å². The Hall–Kier alpha value is -1.22. The molecule has 0 aliphatic carbocycles. The van der Waals surface area contributed by atoms with Crippen LogP contribution in [-0.2, 0) is 6.54 Å². The zero-order chi connectivity index (χ0) is 13.8. The lowest BCUT2D eigenvalue weighted by Gasteiger charge is -2.10. The molecule has 0 spiro atoms. The Morgan fingerprint density at radius 1 is 1.00 bits per heavy atom. The number of aryl methyl sites for hydroxylation is 1. The molecule has 1 N–H and O–H groups in total. The minimum atomic E-state index is 0.489. The first kappa shape index (κ1) is 14.2. The molecule has 0 bridgehead atoms. The molecule has 0 saturated heterocycles. The van der Waals surface area contributed by atoms with Crippen LogP contribution in [0.4, 0.5) is 0 Å². The van der Waals surface area contributed by atoms with Crippen LogP contribution in [0.2, 0.25) is 10.0 Å². The molecule has 2 aromatic rings. The molecule has 4 heteroatoms. The third-order valence-corrected chi connectivity index (χ3v) is 3.55. The van der Waals surface area contributed by atoms with Crippen molar-refractivity contribution in [3.8, 4) is 11.5 Å². The number of rotatable bonds is 4. The third kappa shape index (κ3) is 3.63. The van der Waals surface area contributed by atoms with Crippen molar-refractivity contribution >= 4 is 23.2 Å². The summed E-state index contributed by atoms with van der Waals surface area (Å²) < 4.78 is 5.76. The van der Waals surface area contributed by atoms with Gasteiger partial charge >= 0.3 is 0 Å². The zero-order valence-corrected chi connectivity index (χ0v) is 12.3. The lowest BCUT2D eigenvalue weighted by molar-refractivity contribution is 0.482. The van der Waals surface area contributed by atoms with E-state index in [4.69, 9.17) is 27.9 Å². The highest BCUT2D eigenvalue weighted by atomic mass is 35.5. The average Bonchev–Trinajstić information content (AvgIpc) is 2.37. The van der Waals surface area contributed by atoms with Crippen LogP contribution >= 0.6 is 23.2 Å². The predicted octanol–water partition coefficient (Wildman–Crippen LogP) is 4.81. The van der Waals surface area contributed by atoms with Gasteiger partial charge in [-0.1, -0.05) is 29.3 Å². The molecule has 0 aliphatic heterocycles. The molecule has 2 nitrogen and oxygen atoms in total.